The van der Waals surface area contributed by atoms with Crippen molar-refractivity contribution in [1.82, 2.24) is 0 Å². The van der Waals surface area contributed by atoms with Crippen molar-refractivity contribution in [1.29, 1.82) is 0 Å². The summed E-state index contributed by atoms with van der Waals surface area (Å²) in [5.41, 5.74) is 2.77. The number of ether oxygens (including phenoxy) is 1. The van der Waals surface area contributed by atoms with Gasteiger partial charge in [-0.3, -0.25) is 4.79 Å². The average molecular weight is 559 g/mol. The lowest BCUT2D eigenvalue weighted by molar-refractivity contribution is -0.144. The number of benzene rings is 1. The normalized spacial score (nSPS) is 13.0. The second-order valence-electron chi connectivity index (χ2n) is 14.3. The van der Waals surface area contributed by atoms with Crippen molar-refractivity contribution in [2.24, 2.45) is 0 Å². The SMILES string of the molecule is CCCCCCCCCCOC(=O)CC(CCCCCCCCCC)c1cc(C(C)(C)C)c(O)c(C(C)(C)C)c1. The van der Waals surface area contributed by atoms with Gasteiger partial charge in [0.15, 0.2) is 0 Å². The number of esters is 1. The third-order valence-corrected chi connectivity index (χ3v) is 8.30. The highest BCUT2D eigenvalue weighted by Gasteiger charge is 2.29. The maximum atomic E-state index is 13.0. The van der Waals surface area contributed by atoms with Crippen molar-refractivity contribution >= 4 is 5.97 Å². The molecule has 0 aliphatic rings. The standard InChI is InChI=1S/C37H66O3/c1-9-11-13-15-17-19-21-23-25-30(29-34(38)40-26-24-22-20-18-16-14-12-10-2)31-27-32(36(3,4)5)35(39)33(28-31)37(6,7)8/h27-28,30,39H,9-26,29H2,1-8H3. The van der Waals surface area contributed by atoms with Crippen molar-refractivity contribution in [2.45, 2.75) is 188 Å². The smallest absolute Gasteiger partial charge is 0.306 e. The van der Waals surface area contributed by atoms with Crippen LogP contribution in [0.5, 0.6) is 5.75 Å². The highest BCUT2D eigenvalue weighted by molar-refractivity contribution is 5.70. The van der Waals surface area contributed by atoms with Gasteiger partial charge in [0.2, 0.25) is 0 Å². The maximum absolute atomic E-state index is 13.0. The minimum Gasteiger partial charge on any atom is -0.507 e. The second-order valence-corrected chi connectivity index (χ2v) is 14.3. The predicted molar refractivity (Wildman–Crippen MR) is 174 cm³/mol. The highest BCUT2D eigenvalue weighted by atomic mass is 16.5. The molecule has 0 saturated carbocycles. The minimum atomic E-state index is -0.180. The Balaban J connectivity index is 2.87. The molecule has 3 heteroatoms. The van der Waals surface area contributed by atoms with Crippen LogP contribution in [0.3, 0.4) is 0 Å². The fraction of sp³-hybridized carbons (Fsp3) is 0.811. The van der Waals surface area contributed by atoms with Crippen molar-refractivity contribution < 1.29 is 14.6 Å². The van der Waals surface area contributed by atoms with Gasteiger partial charge in [-0.05, 0) is 46.3 Å². The predicted octanol–water partition coefficient (Wildman–Crippen LogP) is 11.7. The van der Waals surface area contributed by atoms with Crippen molar-refractivity contribution in [3.05, 3.63) is 28.8 Å². The summed E-state index contributed by atoms with van der Waals surface area (Å²) < 4.78 is 5.75. The summed E-state index contributed by atoms with van der Waals surface area (Å²) in [6, 6.07) is 4.34. The van der Waals surface area contributed by atoms with Crippen LogP contribution in [0.1, 0.15) is 194 Å². The summed E-state index contributed by atoms with van der Waals surface area (Å²) in [6.07, 6.45) is 21.6. The van der Waals surface area contributed by atoms with Crippen LogP contribution in [0, 0.1) is 0 Å². The van der Waals surface area contributed by atoms with Gasteiger partial charge in [0.25, 0.3) is 0 Å². The van der Waals surface area contributed by atoms with E-state index in [1.54, 1.807) is 0 Å². The Hall–Kier alpha value is -1.51. The summed E-state index contributed by atoms with van der Waals surface area (Å²) in [6.45, 7) is 18.0. The molecule has 0 aliphatic carbocycles. The lowest BCUT2D eigenvalue weighted by Crippen LogP contribution is -2.19. The van der Waals surface area contributed by atoms with Crippen LogP contribution in [0.15, 0.2) is 12.1 Å². The number of carbonyl (C=O) groups is 1. The van der Waals surface area contributed by atoms with Crippen LogP contribution in [-0.2, 0) is 20.4 Å². The van der Waals surface area contributed by atoms with E-state index in [1.165, 1.54) is 89.0 Å². The Morgan fingerprint density at radius 2 is 1.07 bits per heavy atom. The molecule has 0 aliphatic heterocycles. The zero-order valence-electron chi connectivity index (χ0n) is 27.9. The van der Waals surface area contributed by atoms with Crippen LogP contribution in [0.2, 0.25) is 0 Å². The van der Waals surface area contributed by atoms with E-state index < -0.39 is 0 Å². The quantitative estimate of drug-likeness (QED) is 0.120. The monoisotopic (exact) mass is 559 g/mol. The van der Waals surface area contributed by atoms with E-state index in [4.69, 9.17) is 4.74 Å². The molecule has 0 fully saturated rings. The number of rotatable bonds is 21. The van der Waals surface area contributed by atoms with Crippen molar-refractivity contribution in [3.63, 3.8) is 0 Å². The van der Waals surface area contributed by atoms with E-state index >= 15 is 0 Å². The van der Waals surface area contributed by atoms with Crippen LogP contribution in [0.25, 0.3) is 0 Å². The Morgan fingerprint density at radius 3 is 1.50 bits per heavy atom. The molecule has 40 heavy (non-hydrogen) atoms. The summed E-state index contributed by atoms with van der Waals surface area (Å²) in [7, 11) is 0. The molecule has 3 nitrogen and oxygen atoms in total. The van der Waals surface area contributed by atoms with Gasteiger partial charge in [-0.2, -0.15) is 0 Å². The molecule has 0 spiro atoms. The zero-order valence-corrected chi connectivity index (χ0v) is 27.9. The molecule has 0 radical (unpaired) electrons. The van der Waals surface area contributed by atoms with Gasteiger partial charge in [0, 0.05) is 0 Å². The number of hydrogen-bond acceptors (Lipinski definition) is 3. The first-order chi connectivity index (χ1) is 18.9. The molecule has 1 unspecified atom stereocenters. The molecule has 1 N–H and O–H groups in total. The fourth-order valence-electron chi connectivity index (χ4n) is 5.63. The number of phenolic OH excluding ortho intramolecular Hbond substituents is 1. The molecular formula is C37H66O3. The number of phenols is 1. The van der Waals surface area contributed by atoms with E-state index in [2.05, 4.69) is 67.5 Å². The lowest BCUT2D eigenvalue weighted by Gasteiger charge is -2.30. The number of unbranched alkanes of at least 4 members (excludes halogenated alkanes) is 14. The first-order valence-electron chi connectivity index (χ1n) is 16.9. The number of aromatic hydroxyl groups is 1. The fourth-order valence-corrected chi connectivity index (χ4v) is 5.63. The molecule has 0 saturated heterocycles. The molecule has 0 bridgehead atoms. The molecule has 1 aromatic carbocycles. The molecule has 0 heterocycles. The van der Waals surface area contributed by atoms with E-state index in [0.29, 0.717) is 18.8 Å². The first kappa shape index (κ1) is 36.5. The van der Waals surface area contributed by atoms with Gasteiger partial charge in [0.1, 0.15) is 5.75 Å². The molecule has 1 rings (SSSR count). The van der Waals surface area contributed by atoms with E-state index in [9.17, 15) is 9.90 Å². The number of hydrogen-bond donors (Lipinski definition) is 1. The Labute approximate surface area is 249 Å². The molecule has 1 aromatic rings. The first-order valence-corrected chi connectivity index (χ1v) is 16.9. The van der Waals surface area contributed by atoms with Crippen molar-refractivity contribution in [2.75, 3.05) is 6.61 Å². The second kappa shape index (κ2) is 19.6. The summed E-state index contributed by atoms with van der Waals surface area (Å²) >= 11 is 0. The van der Waals surface area contributed by atoms with Crippen LogP contribution < -0.4 is 0 Å². The van der Waals surface area contributed by atoms with Crippen molar-refractivity contribution in [3.8, 4) is 5.75 Å². The van der Waals surface area contributed by atoms with Gasteiger partial charge < -0.3 is 9.84 Å². The van der Waals surface area contributed by atoms with Gasteiger partial charge in [-0.1, -0.05) is 164 Å². The zero-order chi connectivity index (χ0) is 30.0. The van der Waals surface area contributed by atoms with Gasteiger partial charge in [-0.15, -0.1) is 0 Å². The van der Waals surface area contributed by atoms with Crippen LogP contribution >= 0.6 is 0 Å². The van der Waals surface area contributed by atoms with Crippen LogP contribution in [-0.4, -0.2) is 17.7 Å². The average Bonchev–Trinajstić information content (AvgIpc) is 2.87. The van der Waals surface area contributed by atoms with E-state index in [-0.39, 0.29) is 22.7 Å². The maximum Gasteiger partial charge on any atom is 0.306 e. The topological polar surface area (TPSA) is 46.5 Å². The molecule has 0 amide bonds. The third-order valence-electron chi connectivity index (χ3n) is 8.30. The Kier molecular flexibility index (Phi) is 17.9. The van der Waals surface area contributed by atoms with Gasteiger partial charge in [0.05, 0.1) is 13.0 Å². The summed E-state index contributed by atoms with van der Waals surface area (Å²) in [5.74, 6) is 0.455. The van der Waals surface area contributed by atoms with E-state index in [0.717, 1.165) is 36.8 Å². The highest BCUT2D eigenvalue weighted by Crippen LogP contribution is 2.42. The Morgan fingerprint density at radius 1 is 0.675 bits per heavy atom. The molecule has 0 aromatic heterocycles. The third kappa shape index (κ3) is 14.9. The van der Waals surface area contributed by atoms with Gasteiger partial charge in [-0.25, -0.2) is 0 Å². The molecule has 1 atom stereocenters. The molecule has 232 valence electrons. The Bertz CT molecular complexity index is 777. The lowest BCUT2D eigenvalue weighted by atomic mass is 9.76. The number of carbonyl (C=O) groups excluding carboxylic acids is 1. The minimum absolute atomic E-state index is 0.0739. The molecular weight excluding hydrogens is 492 g/mol. The van der Waals surface area contributed by atoms with Crippen LogP contribution in [0.4, 0.5) is 0 Å². The summed E-state index contributed by atoms with van der Waals surface area (Å²) in [5, 5.41) is 11.2. The largest absolute Gasteiger partial charge is 0.507 e. The van der Waals surface area contributed by atoms with E-state index in [1.807, 2.05) is 0 Å². The van der Waals surface area contributed by atoms with Gasteiger partial charge >= 0.3 is 5.97 Å². The summed E-state index contributed by atoms with van der Waals surface area (Å²) in [4.78, 5) is 13.0.